The summed E-state index contributed by atoms with van der Waals surface area (Å²) in [6.45, 7) is 1.90. The van der Waals surface area contributed by atoms with E-state index in [0.29, 0.717) is 29.5 Å². The predicted octanol–water partition coefficient (Wildman–Crippen LogP) is 4.86. The van der Waals surface area contributed by atoms with Gasteiger partial charge in [-0.1, -0.05) is 30.3 Å². The number of hydrogen-bond donors (Lipinski definition) is 2. The van der Waals surface area contributed by atoms with Gasteiger partial charge in [0.15, 0.2) is 0 Å². The van der Waals surface area contributed by atoms with E-state index in [0.717, 1.165) is 11.1 Å². The molecule has 1 unspecified atom stereocenters. The van der Waals surface area contributed by atoms with Gasteiger partial charge in [-0.25, -0.2) is 0 Å². The van der Waals surface area contributed by atoms with E-state index in [2.05, 4.69) is 20.8 Å². The predicted molar refractivity (Wildman–Crippen MR) is 123 cm³/mol. The van der Waals surface area contributed by atoms with Crippen molar-refractivity contribution < 1.29 is 14.0 Å². The zero-order valence-electron chi connectivity index (χ0n) is 17.4. The molecule has 162 valence electrons. The van der Waals surface area contributed by atoms with Crippen LogP contribution < -0.4 is 10.6 Å². The van der Waals surface area contributed by atoms with Crippen molar-refractivity contribution in [3.63, 3.8) is 0 Å². The Labute approximate surface area is 189 Å². The number of rotatable bonds is 8. The molecule has 0 fully saturated rings. The van der Waals surface area contributed by atoms with Crippen LogP contribution in [-0.2, 0) is 11.2 Å². The largest absolute Gasteiger partial charge is 0.421 e. The summed E-state index contributed by atoms with van der Waals surface area (Å²) in [7, 11) is 0. The summed E-state index contributed by atoms with van der Waals surface area (Å²) in [6, 6.07) is 18.1. The van der Waals surface area contributed by atoms with Crippen molar-refractivity contribution in [2.45, 2.75) is 25.8 Å². The van der Waals surface area contributed by atoms with Crippen LogP contribution in [-0.4, -0.2) is 22.0 Å². The van der Waals surface area contributed by atoms with Crippen LogP contribution in [0.3, 0.4) is 0 Å². The monoisotopic (exact) mass is 446 g/mol. The number of aryl methyl sites for hydroxylation is 1. The number of aromatic nitrogens is 2. The van der Waals surface area contributed by atoms with Gasteiger partial charge in [-0.3, -0.25) is 9.59 Å². The lowest BCUT2D eigenvalue weighted by Gasteiger charge is -2.15. The molecule has 0 bridgehead atoms. The van der Waals surface area contributed by atoms with E-state index >= 15 is 0 Å². The number of anilines is 1. The quantitative estimate of drug-likeness (QED) is 0.403. The van der Waals surface area contributed by atoms with Gasteiger partial charge in [-0.05, 0) is 48.2 Å². The molecule has 2 aromatic carbocycles. The van der Waals surface area contributed by atoms with E-state index < -0.39 is 0 Å². The molecular weight excluding hydrogens is 424 g/mol. The Hall–Kier alpha value is -3.78. The highest BCUT2D eigenvalue weighted by Gasteiger charge is 2.14. The van der Waals surface area contributed by atoms with Gasteiger partial charge in [0.1, 0.15) is 0 Å². The zero-order valence-corrected chi connectivity index (χ0v) is 18.3. The van der Waals surface area contributed by atoms with Gasteiger partial charge in [-0.15, -0.1) is 10.2 Å². The highest BCUT2D eigenvalue weighted by Crippen LogP contribution is 2.21. The van der Waals surface area contributed by atoms with E-state index in [4.69, 9.17) is 4.42 Å². The Morgan fingerprint density at radius 1 is 1.06 bits per heavy atom. The normalized spacial score (nSPS) is 11.7. The molecule has 7 nitrogen and oxygen atoms in total. The average molecular weight is 447 g/mol. The Kier molecular flexibility index (Phi) is 6.72. The number of carbonyl (C=O) groups excluding carboxylic acids is 2. The molecule has 32 heavy (non-hydrogen) atoms. The third-order valence-electron chi connectivity index (χ3n) is 4.86. The molecule has 0 spiro atoms. The molecule has 4 rings (SSSR count). The topological polar surface area (TPSA) is 97.1 Å². The number of nitrogens with one attached hydrogen (secondary N) is 2. The summed E-state index contributed by atoms with van der Waals surface area (Å²) >= 11 is 1.55. The number of amides is 2. The number of hydrogen-bond acceptors (Lipinski definition) is 6. The van der Waals surface area contributed by atoms with Crippen LogP contribution in [0.15, 0.2) is 75.8 Å². The third-order valence-corrected chi connectivity index (χ3v) is 5.54. The van der Waals surface area contributed by atoms with Crippen LogP contribution >= 0.6 is 11.3 Å². The molecule has 2 heterocycles. The second-order valence-corrected chi connectivity index (χ2v) is 8.03. The van der Waals surface area contributed by atoms with Gasteiger partial charge in [0, 0.05) is 35.0 Å². The molecule has 4 aromatic rings. The molecule has 2 aromatic heterocycles. The first kappa shape index (κ1) is 21.5. The second kappa shape index (κ2) is 10.0. The van der Waals surface area contributed by atoms with Gasteiger partial charge in [0.05, 0.1) is 6.04 Å². The van der Waals surface area contributed by atoms with Crippen LogP contribution in [0.2, 0.25) is 0 Å². The molecule has 1 atom stereocenters. The minimum atomic E-state index is -0.222. The van der Waals surface area contributed by atoms with Crippen molar-refractivity contribution in [2.24, 2.45) is 0 Å². The van der Waals surface area contributed by atoms with Gasteiger partial charge >= 0.3 is 0 Å². The first-order valence-electron chi connectivity index (χ1n) is 10.2. The van der Waals surface area contributed by atoms with Crippen molar-refractivity contribution in [1.82, 2.24) is 15.5 Å². The van der Waals surface area contributed by atoms with Gasteiger partial charge in [0.2, 0.25) is 17.7 Å². The summed E-state index contributed by atoms with van der Waals surface area (Å²) in [6.07, 6.45) is 0.600. The van der Waals surface area contributed by atoms with Crippen molar-refractivity contribution in [1.29, 1.82) is 0 Å². The fraction of sp³-hybridized carbons (Fsp3) is 0.167. The van der Waals surface area contributed by atoms with Crippen molar-refractivity contribution in [3.8, 4) is 11.5 Å². The SMILES string of the molecule is CC(NC(=O)CCc1nnc(-c2ccsc2)o1)c1cccc(NC(=O)c2ccccc2)c1. The lowest BCUT2D eigenvalue weighted by molar-refractivity contribution is -0.121. The minimum Gasteiger partial charge on any atom is -0.421 e. The van der Waals surface area contributed by atoms with Crippen molar-refractivity contribution >= 4 is 28.8 Å². The van der Waals surface area contributed by atoms with Crippen LogP contribution in [0.25, 0.3) is 11.5 Å². The van der Waals surface area contributed by atoms with E-state index in [1.54, 1.807) is 23.5 Å². The Morgan fingerprint density at radius 2 is 1.91 bits per heavy atom. The molecule has 0 saturated carbocycles. The maximum absolute atomic E-state index is 12.4. The summed E-state index contributed by atoms with van der Waals surface area (Å²) in [4.78, 5) is 24.8. The minimum absolute atomic E-state index is 0.119. The lowest BCUT2D eigenvalue weighted by Crippen LogP contribution is -2.27. The van der Waals surface area contributed by atoms with Gasteiger partial charge in [-0.2, -0.15) is 11.3 Å². The number of carbonyl (C=O) groups is 2. The smallest absolute Gasteiger partial charge is 0.255 e. The molecule has 8 heteroatoms. The van der Waals surface area contributed by atoms with Crippen molar-refractivity contribution in [3.05, 3.63) is 88.4 Å². The van der Waals surface area contributed by atoms with Gasteiger partial charge in [0.25, 0.3) is 5.91 Å². The first-order valence-corrected chi connectivity index (χ1v) is 11.1. The van der Waals surface area contributed by atoms with Gasteiger partial charge < -0.3 is 15.1 Å². The van der Waals surface area contributed by atoms with Crippen LogP contribution in [0, 0.1) is 0 Å². The number of benzene rings is 2. The second-order valence-electron chi connectivity index (χ2n) is 7.25. The molecule has 0 saturated heterocycles. The van der Waals surface area contributed by atoms with E-state index in [1.807, 2.05) is 66.2 Å². The molecule has 0 aliphatic rings. The summed E-state index contributed by atoms with van der Waals surface area (Å²) in [5.74, 6) is 0.594. The summed E-state index contributed by atoms with van der Waals surface area (Å²) in [5.41, 5.74) is 3.03. The standard InChI is InChI=1S/C24H22N4O3S/c1-16(18-8-5-9-20(14-18)26-23(30)17-6-3-2-4-7-17)25-21(29)10-11-22-27-28-24(31-22)19-12-13-32-15-19/h2-9,12-16H,10-11H2,1H3,(H,25,29)(H,26,30). The maximum atomic E-state index is 12.4. The summed E-state index contributed by atoms with van der Waals surface area (Å²) in [5, 5.41) is 17.8. The summed E-state index contributed by atoms with van der Waals surface area (Å²) < 4.78 is 5.62. The lowest BCUT2D eigenvalue weighted by atomic mass is 10.1. The van der Waals surface area contributed by atoms with Crippen LogP contribution in [0.5, 0.6) is 0 Å². The molecule has 2 N–H and O–H groups in total. The first-order chi connectivity index (χ1) is 15.6. The van der Waals surface area contributed by atoms with E-state index in [9.17, 15) is 9.59 Å². The maximum Gasteiger partial charge on any atom is 0.255 e. The third kappa shape index (κ3) is 5.47. The molecule has 0 aliphatic heterocycles. The number of thiophene rings is 1. The van der Waals surface area contributed by atoms with Crippen LogP contribution in [0.4, 0.5) is 5.69 Å². The van der Waals surface area contributed by atoms with E-state index in [-0.39, 0.29) is 24.3 Å². The molecule has 2 amide bonds. The Balaban J connectivity index is 1.30. The fourth-order valence-electron chi connectivity index (χ4n) is 3.15. The van der Waals surface area contributed by atoms with Crippen LogP contribution in [0.1, 0.15) is 41.2 Å². The molecule has 0 aliphatic carbocycles. The highest BCUT2D eigenvalue weighted by molar-refractivity contribution is 7.08. The zero-order chi connectivity index (χ0) is 22.3. The van der Waals surface area contributed by atoms with E-state index in [1.165, 1.54) is 0 Å². The number of nitrogens with zero attached hydrogens (tertiary/aromatic N) is 2. The molecular formula is C24H22N4O3S. The Bertz CT molecular complexity index is 1190. The highest BCUT2D eigenvalue weighted by atomic mass is 32.1. The Morgan fingerprint density at radius 3 is 2.69 bits per heavy atom. The van der Waals surface area contributed by atoms with Crippen molar-refractivity contribution in [2.75, 3.05) is 5.32 Å². The molecule has 0 radical (unpaired) electrons. The average Bonchev–Trinajstić information content (AvgIpc) is 3.50. The fourth-order valence-corrected chi connectivity index (χ4v) is 3.78.